The molecular weight excluding hydrogens is 168 g/mol. The van der Waals surface area contributed by atoms with Crippen LogP contribution in [0.5, 0.6) is 11.5 Å². The molecule has 0 aliphatic carbocycles. The van der Waals surface area contributed by atoms with Gasteiger partial charge < -0.3 is 14.3 Å². The maximum atomic E-state index is 10.3. The summed E-state index contributed by atoms with van der Waals surface area (Å²) in [4.78, 5) is 10.3. The molecule has 0 atom stereocenters. The number of hydrogen-bond donors (Lipinski definition) is 0. The smallest absolute Gasteiger partial charge is 0.128 e. The van der Waals surface area contributed by atoms with E-state index in [4.69, 9.17) is 9.47 Å². The van der Waals surface area contributed by atoms with Crippen LogP contribution in [-0.2, 0) is 4.79 Å². The number of benzene rings is 1. The predicted octanol–water partition coefficient (Wildman–Crippen LogP) is 1.46. The van der Waals surface area contributed by atoms with Crippen molar-refractivity contribution in [3.63, 3.8) is 0 Å². The third kappa shape index (κ3) is 2.21. The molecule has 0 aromatic heterocycles. The minimum atomic E-state index is 0.660. The van der Waals surface area contributed by atoms with Crippen LogP contribution in [0, 0.1) is 6.42 Å². The third-order valence-electron chi connectivity index (χ3n) is 1.68. The highest BCUT2D eigenvalue weighted by Crippen LogP contribution is 2.24. The Morgan fingerprint density at radius 1 is 1.23 bits per heavy atom. The number of carbonyl (C=O) groups excluding carboxylic acids is 1. The fourth-order valence-corrected chi connectivity index (χ4v) is 1.04. The van der Waals surface area contributed by atoms with Gasteiger partial charge in [0.1, 0.15) is 17.8 Å². The van der Waals surface area contributed by atoms with E-state index in [1.807, 2.05) is 0 Å². The fraction of sp³-hybridized carbons (Fsp3) is 0.200. The van der Waals surface area contributed by atoms with E-state index in [0.717, 1.165) is 11.8 Å². The summed E-state index contributed by atoms with van der Waals surface area (Å²) in [6.07, 6.45) is 2.15. The largest absolute Gasteiger partial charge is 0.497 e. The van der Waals surface area contributed by atoms with E-state index in [-0.39, 0.29) is 0 Å². The van der Waals surface area contributed by atoms with E-state index in [1.54, 1.807) is 32.4 Å². The van der Waals surface area contributed by atoms with Crippen LogP contribution in [-0.4, -0.2) is 20.5 Å². The number of methoxy groups -OCH3 is 2. The first-order chi connectivity index (χ1) is 6.31. The molecule has 0 amide bonds. The molecule has 1 rings (SSSR count). The molecule has 3 heteroatoms. The van der Waals surface area contributed by atoms with Crippen LogP contribution < -0.4 is 9.47 Å². The third-order valence-corrected chi connectivity index (χ3v) is 1.68. The molecule has 0 spiro atoms. The lowest BCUT2D eigenvalue weighted by molar-refractivity contribution is -0.104. The van der Waals surface area contributed by atoms with Crippen molar-refractivity contribution in [2.24, 2.45) is 0 Å². The Morgan fingerprint density at radius 2 is 2.00 bits per heavy atom. The lowest BCUT2D eigenvalue weighted by Gasteiger charge is -2.07. The summed E-state index contributed by atoms with van der Waals surface area (Å²) in [6.45, 7) is 0. The van der Waals surface area contributed by atoms with Crippen LogP contribution >= 0.6 is 0 Å². The summed E-state index contributed by atoms with van der Waals surface area (Å²) in [7, 11) is 3.14. The number of aldehydes is 1. The molecule has 0 aliphatic heterocycles. The van der Waals surface area contributed by atoms with Crippen molar-refractivity contribution in [2.75, 3.05) is 14.2 Å². The van der Waals surface area contributed by atoms with E-state index in [0.29, 0.717) is 11.5 Å². The van der Waals surface area contributed by atoms with Gasteiger partial charge in [-0.1, -0.05) is 0 Å². The van der Waals surface area contributed by atoms with Gasteiger partial charge in [0.15, 0.2) is 0 Å². The Kier molecular flexibility index (Phi) is 3.31. The average molecular weight is 179 g/mol. The highest BCUT2D eigenvalue weighted by molar-refractivity contribution is 5.70. The second-order valence-electron chi connectivity index (χ2n) is 2.41. The molecule has 0 heterocycles. The van der Waals surface area contributed by atoms with Gasteiger partial charge in [0.2, 0.25) is 0 Å². The molecule has 0 unspecified atom stereocenters. The topological polar surface area (TPSA) is 35.5 Å². The van der Waals surface area contributed by atoms with Gasteiger partial charge in [0, 0.05) is 5.56 Å². The molecular formula is C10H11O3. The molecule has 0 bridgehead atoms. The number of ether oxygens (including phenoxy) is 2. The first-order valence-corrected chi connectivity index (χ1v) is 3.82. The van der Waals surface area contributed by atoms with E-state index < -0.39 is 0 Å². The van der Waals surface area contributed by atoms with Gasteiger partial charge in [-0.2, -0.15) is 0 Å². The van der Waals surface area contributed by atoms with Crippen molar-refractivity contribution in [1.29, 1.82) is 0 Å². The highest BCUT2D eigenvalue weighted by Gasteiger charge is 2.03. The maximum Gasteiger partial charge on any atom is 0.128 e. The summed E-state index contributed by atoms with van der Waals surface area (Å²) in [5.74, 6) is 1.36. The SMILES string of the molecule is COc1ccc(OC)c([CH]C=O)c1. The average Bonchev–Trinajstić information content (AvgIpc) is 2.18. The van der Waals surface area contributed by atoms with Crippen molar-refractivity contribution < 1.29 is 14.3 Å². The van der Waals surface area contributed by atoms with Gasteiger partial charge in [-0.05, 0) is 18.2 Å². The van der Waals surface area contributed by atoms with E-state index >= 15 is 0 Å². The van der Waals surface area contributed by atoms with Crippen LogP contribution in [0.25, 0.3) is 0 Å². The predicted molar refractivity (Wildman–Crippen MR) is 49.0 cm³/mol. The normalized spacial score (nSPS) is 9.38. The van der Waals surface area contributed by atoms with Crippen LogP contribution in [0.2, 0.25) is 0 Å². The Balaban J connectivity index is 3.01. The first kappa shape index (κ1) is 9.58. The van der Waals surface area contributed by atoms with Gasteiger partial charge >= 0.3 is 0 Å². The Hall–Kier alpha value is -1.51. The lowest BCUT2D eigenvalue weighted by atomic mass is 10.1. The van der Waals surface area contributed by atoms with Crippen LogP contribution in [0.3, 0.4) is 0 Å². The van der Waals surface area contributed by atoms with Crippen LogP contribution in [0.4, 0.5) is 0 Å². The quantitative estimate of drug-likeness (QED) is 0.656. The zero-order valence-electron chi connectivity index (χ0n) is 7.61. The lowest BCUT2D eigenvalue weighted by Crippen LogP contribution is -1.92. The summed E-state index contributed by atoms with van der Waals surface area (Å²) in [5, 5.41) is 0. The summed E-state index contributed by atoms with van der Waals surface area (Å²) >= 11 is 0. The van der Waals surface area contributed by atoms with E-state index in [2.05, 4.69) is 0 Å². The van der Waals surface area contributed by atoms with Gasteiger partial charge in [0.25, 0.3) is 0 Å². The second kappa shape index (κ2) is 4.50. The van der Waals surface area contributed by atoms with Gasteiger partial charge in [-0.15, -0.1) is 0 Å². The zero-order valence-corrected chi connectivity index (χ0v) is 7.61. The minimum Gasteiger partial charge on any atom is -0.497 e. The number of carbonyl (C=O) groups is 1. The number of hydrogen-bond acceptors (Lipinski definition) is 3. The molecule has 1 radical (unpaired) electrons. The molecule has 1 aromatic carbocycles. The minimum absolute atomic E-state index is 0.660. The summed E-state index contributed by atoms with van der Waals surface area (Å²) in [5.41, 5.74) is 0.719. The van der Waals surface area contributed by atoms with Crippen LogP contribution in [0.1, 0.15) is 5.56 Å². The second-order valence-corrected chi connectivity index (χ2v) is 2.41. The summed E-state index contributed by atoms with van der Waals surface area (Å²) < 4.78 is 10.1. The molecule has 1 aromatic rings. The molecule has 0 fully saturated rings. The van der Waals surface area contributed by atoms with Gasteiger partial charge in [-0.3, -0.25) is 0 Å². The van der Waals surface area contributed by atoms with Crippen molar-refractivity contribution in [3.8, 4) is 11.5 Å². The molecule has 13 heavy (non-hydrogen) atoms. The van der Waals surface area contributed by atoms with E-state index in [9.17, 15) is 4.79 Å². The Labute approximate surface area is 77.3 Å². The van der Waals surface area contributed by atoms with Crippen molar-refractivity contribution in [2.45, 2.75) is 0 Å². The molecule has 0 aliphatic rings. The van der Waals surface area contributed by atoms with Crippen LogP contribution in [0.15, 0.2) is 18.2 Å². The first-order valence-electron chi connectivity index (χ1n) is 3.82. The maximum absolute atomic E-state index is 10.3. The fourth-order valence-electron chi connectivity index (χ4n) is 1.04. The number of rotatable bonds is 4. The van der Waals surface area contributed by atoms with Crippen molar-refractivity contribution >= 4 is 6.29 Å². The molecule has 0 saturated carbocycles. The monoisotopic (exact) mass is 179 g/mol. The molecule has 69 valence electrons. The van der Waals surface area contributed by atoms with Gasteiger partial charge in [0.05, 0.1) is 20.6 Å². The standard InChI is InChI=1S/C10H11O3/c1-12-9-3-4-10(13-2)8(7-9)5-6-11/h3-7H,1-2H3. The Bertz CT molecular complexity index is 294. The van der Waals surface area contributed by atoms with Gasteiger partial charge in [-0.25, -0.2) is 0 Å². The zero-order chi connectivity index (χ0) is 9.68. The van der Waals surface area contributed by atoms with Crippen molar-refractivity contribution in [1.82, 2.24) is 0 Å². The highest BCUT2D eigenvalue weighted by atomic mass is 16.5. The molecule has 3 nitrogen and oxygen atoms in total. The van der Waals surface area contributed by atoms with E-state index in [1.165, 1.54) is 6.42 Å². The molecule has 0 saturated heterocycles. The van der Waals surface area contributed by atoms with Crippen molar-refractivity contribution in [3.05, 3.63) is 30.2 Å². The summed E-state index contributed by atoms with van der Waals surface area (Å²) in [6, 6.07) is 5.28. The Morgan fingerprint density at radius 3 is 2.54 bits per heavy atom. The molecule has 0 N–H and O–H groups in total.